The maximum atomic E-state index is 13.7. The molecule has 1 aliphatic rings. The maximum Gasteiger partial charge on any atom is 0.340 e. The van der Waals surface area contributed by atoms with E-state index < -0.39 is 11.8 Å². The van der Waals surface area contributed by atoms with Crippen LogP contribution in [-0.2, 0) is 11.3 Å². The number of hydrogen-bond acceptors (Lipinski definition) is 4. The Morgan fingerprint density at radius 3 is 2.85 bits per heavy atom. The topological polar surface area (TPSA) is 41.6 Å². The summed E-state index contributed by atoms with van der Waals surface area (Å²) in [5.74, 6) is -1.18. The molecule has 110 valence electrons. The van der Waals surface area contributed by atoms with Crippen molar-refractivity contribution in [3.63, 3.8) is 0 Å². The number of hydrogen-bond donors (Lipinski definition) is 1. The first kappa shape index (κ1) is 14.9. The van der Waals surface area contributed by atoms with Crippen molar-refractivity contribution in [3.05, 3.63) is 35.1 Å². The molecule has 0 heterocycles. The van der Waals surface area contributed by atoms with Gasteiger partial charge < -0.3 is 15.0 Å². The van der Waals surface area contributed by atoms with E-state index in [1.165, 1.54) is 32.1 Å². The minimum atomic E-state index is -0.645. The smallest absolute Gasteiger partial charge is 0.340 e. The van der Waals surface area contributed by atoms with Crippen LogP contribution in [0.4, 0.5) is 4.39 Å². The summed E-state index contributed by atoms with van der Waals surface area (Å²) in [4.78, 5) is 13.6. The van der Waals surface area contributed by atoms with Crippen LogP contribution in [0.25, 0.3) is 0 Å². The number of ether oxygens (including phenoxy) is 1. The van der Waals surface area contributed by atoms with Crippen molar-refractivity contribution in [1.82, 2.24) is 10.2 Å². The Hall–Kier alpha value is -1.46. The second-order valence-corrected chi connectivity index (χ2v) is 5.19. The Bertz CT molecular complexity index is 475. The van der Waals surface area contributed by atoms with Crippen molar-refractivity contribution in [3.8, 4) is 0 Å². The summed E-state index contributed by atoms with van der Waals surface area (Å²) in [5.41, 5.74) is 0.800. The Balaban J connectivity index is 1.78. The lowest BCUT2D eigenvalue weighted by Crippen LogP contribution is -2.30. The first-order valence-electron chi connectivity index (χ1n) is 6.89. The van der Waals surface area contributed by atoms with E-state index in [-0.39, 0.29) is 5.56 Å². The third-order valence-electron chi connectivity index (χ3n) is 3.58. The van der Waals surface area contributed by atoms with Gasteiger partial charge in [0.15, 0.2) is 0 Å². The molecule has 0 spiro atoms. The third kappa shape index (κ3) is 4.02. The average Bonchev–Trinajstić information content (AvgIpc) is 3.27. The van der Waals surface area contributed by atoms with Crippen molar-refractivity contribution in [2.45, 2.75) is 25.4 Å². The van der Waals surface area contributed by atoms with Gasteiger partial charge in [0, 0.05) is 25.7 Å². The molecule has 1 aromatic rings. The van der Waals surface area contributed by atoms with Crippen LogP contribution in [0.1, 0.15) is 28.8 Å². The highest BCUT2D eigenvalue weighted by Crippen LogP contribution is 2.24. The molecular weight excluding hydrogens is 259 g/mol. The summed E-state index contributed by atoms with van der Waals surface area (Å²) in [6.45, 7) is 2.46. The van der Waals surface area contributed by atoms with Crippen molar-refractivity contribution in [2.24, 2.45) is 0 Å². The van der Waals surface area contributed by atoms with Crippen LogP contribution < -0.4 is 5.32 Å². The van der Waals surface area contributed by atoms with Gasteiger partial charge >= 0.3 is 5.97 Å². The van der Waals surface area contributed by atoms with Gasteiger partial charge in [-0.3, -0.25) is 0 Å². The molecule has 2 rings (SSSR count). The largest absolute Gasteiger partial charge is 0.465 e. The number of esters is 1. The maximum absolute atomic E-state index is 13.7. The molecule has 0 bridgehead atoms. The summed E-state index contributed by atoms with van der Waals surface area (Å²) in [5, 5.41) is 3.28. The van der Waals surface area contributed by atoms with E-state index in [0.717, 1.165) is 24.7 Å². The van der Waals surface area contributed by atoms with Crippen LogP contribution in [0.15, 0.2) is 18.2 Å². The van der Waals surface area contributed by atoms with Crippen molar-refractivity contribution in [2.75, 3.05) is 27.2 Å². The quantitative estimate of drug-likeness (QED) is 0.611. The number of methoxy groups -OCH3 is 1. The highest BCUT2D eigenvalue weighted by Gasteiger charge is 2.25. The molecule has 0 radical (unpaired) electrons. The molecule has 0 unspecified atom stereocenters. The lowest BCUT2D eigenvalue weighted by Gasteiger charge is -2.15. The molecule has 1 N–H and O–H groups in total. The Labute approximate surface area is 118 Å². The number of nitrogens with zero attached hydrogens (tertiary/aromatic N) is 1. The summed E-state index contributed by atoms with van der Waals surface area (Å²) >= 11 is 0. The number of carbonyl (C=O) groups excluding carboxylic acids is 1. The zero-order chi connectivity index (χ0) is 14.5. The SMILES string of the molecule is COC(=O)c1ccc(CNCCN(C)C2CC2)cc1F. The fourth-order valence-electron chi connectivity index (χ4n) is 2.13. The van der Waals surface area contributed by atoms with Gasteiger partial charge in [0.25, 0.3) is 0 Å². The van der Waals surface area contributed by atoms with Gasteiger partial charge in [-0.25, -0.2) is 9.18 Å². The molecule has 4 nitrogen and oxygen atoms in total. The molecule has 1 saturated carbocycles. The second-order valence-electron chi connectivity index (χ2n) is 5.19. The molecule has 5 heteroatoms. The standard InChI is InChI=1S/C15H21FN2O2/c1-18(12-4-5-12)8-7-17-10-11-3-6-13(14(16)9-11)15(19)20-2/h3,6,9,12,17H,4-5,7-8,10H2,1-2H3. The normalized spacial score (nSPS) is 14.6. The molecule has 1 aromatic carbocycles. The van der Waals surface area contributed by atoms with Crippen LogP contribution in [-0.4, -0.2) is 44.2 Å². The Kier molecular flexibility index (Phi) is 5.09. The predicted octanol–water partition coefficient (Wildman–Crippen LogP) is 1.80. The van der Waals surface area contributed by atoms with Gasteiger partial charge in [-0.15, -0.1) is 0 Å². The van der Waals surface area contributed by atoms with Crippen molar-refractivity contribution < 1.29 is 13.9 Å². The average molecular weight is 280 g/mol. The Morgan fingerprint density at radius 1 is 1.50 bits per heavy atom. The minimum absolute atomic E-state index is 0.0234. The molecule has 0 aliphatic heterocycles. The van der Waals surface area contributed by atoms with E-state index in [4.69, 9.17) is 0 Å². The lowest BCUT2D eigenvalue weighted by molar-refractivity contribution is 0.0595. The van der Waals surface area contributed by atoms with Crippen LogP contribution in [0, 0.1) is 5.82 Å². The van der Waals surface area contributed by atoms with Gasteiger partial charge in [-0.1, -0.05) is 6.07 Å². The fourth-order valence-corrected chi connectivity index (χ4v) is 2.13. The molecular formula is C15H21FN2O2. The van der Waals surface area contributed by atoms with Gasteiger partial charge in [-0.05, 0) is 37.6 Å². The van der Waals surface area contributed by atoms with Gasteiger partial charge in [0.05, 0.1) is 12.7 Å². The second kappa shape index (κ2) is 6.81. The summed E-state index contributed by atoms with van der Waals surface area (Å²) in [6.07, 6.45) is 2.60. The highest BCUT2D eigenvalue weighted by atomic mass is 19.1. The monoisotopic (exact) mass is 280 g/mol. The van der Waals surface area contributed by atoms with Crippen LogP contribution >= 0.6 is 0 Å². The number of benzene rings is 1. The van der Waals surface area contributed by atoms with E-state index in [0.29, 0.717) is 6.54 Å². The zero-order valence-corrected chi connectivity index (χ0v) is 12.0. The first-order chi connectivity index (χ1) is 9.61. The summed E-state index contributed by atoms with van der Waals surface area (Å²) in [6, 6.07) is 5.35. The van der Waals surface area contributed by atoms with E-state index >= 15 is 0 Å². The minimum Gasteiger partial charge on any atom is -0.465 e. The number of likely N-dealkylation sites (N-methyl/N-ethyl adjacent to an activating group) is 1. The molecule has 0 saturated heterocycles. The molecule has 0 atom stereocenters. The van der Waals surface area contributed by atoms with Crippen LogP contribution in [0.2, 0.25) is 0 Å². The fraction of sp³-hybridized carbons (Fsp3) is 0.533. The number of carbonyl (C=O) groups is 1. The Morgan fingerprint density at radius 2 is 2.25 bits per heavy atom. The van der Waals surface area contributed by atoms with Gasteiger partial charge in [0.2, 0.25) is 0 Å². The molecule has 1 aliphatic carbocycles. The summed E-state index contributed by atoms with van der Waals surface area (Å²) < 4.78 is 18.2. The van der Waals surface area contributed by atoms with Crippen molar-refractivity contribution in [1.29, 1.82) is 0 Å². The van der Waals surface area contributed by atoms with Crippen LogP contribution in [0.3, 0.4) is 0 Å². The molecule has 0 amide bonds. The van der Waals surface area contributed by atoms with E-state index in [9.17, 15) is 9.18 Å². The third-order valence-corrected chi connectivity index (χ3v) is 3.58. The first-order valence-corrected chi connectivity index (χ1v) is 6.89. The van der Waals surface area contributed by atoms with E-state index in [1.54, 1.807) is 6.07 Å². The predicted molar refractivity (Wildman–Crippen MR) is 75.1 cm³/mol. The summed E-state index contributed by atoms with van der Waals surface area (Å²) in [7, 11) is 3.37. The zero-order valence-electron chi connectivity index (χ0n) is 12.0. The molecule has 1 fully saturated rings. The van der Waals surface area contributed by atoms with E-state index in [1.807, 2.05) is 0 Å². The van der Waals surface area contributed by atoms with Crippen molar-refractivity contribution >= 4 is 5.97 Å². The van der Waals surface area contributed by atoms with Gasteiger partial charge in [0.1, 0.15) is 5.82 Å². The molecule has 0 aromatic heterocycles. The van der Waals surface area contributed by atoms with E-state index in [2.05, 4.69) is 22.0 Å². The number of halogens is 1. The lowest BCUT2D eigenvalue weighted by atomic mass is 10.1. The number of nitrogens with one attached hydrogen (secondary N) is 1. The number of rotatable bonds is 7. The van der Waals surface area contributed by atoms with Gasteiger partial charge in [-0.2, -0.15) is 0 Å². The van der Waals surface area contributed by atoms with Crippen LogP contribution in [0.5, 0.6) is 0 Å². The molecule has 20 heavy (non-hydrogen) atoms. The highest BCUT2D eigenvalue weighted by molar-refractivity contribution is 5.89.